The highest BCUT2D eigenvalue weighted by Crippen LogP contribution is 2.17. The van der Waals surface area contributed by atoms with Gasteiger partial charge in [0.25, 0.3) is 5.91 Å². The summed E-state index contributed by atoms with van der Waals surface area (Å²) in [5.41, 5.74) is 2.49. The molecular formula is C20H19N3O2. The minimum Gasteiger partial charge on any atom is -0.360 e. The molecular weight excluding hydrogens is 314 g/mol. The van der Waals surface area contributed by atoms with E-state index < -0.39 is 0 Å². The predicted octanol–water partition coefficient (Wildman–Crippen LogP) is 2.73. The fourth-order valence-corrected chi connectivity index (χ4v) is 2.51. The largest absolute Gasteiger partial charge is 0.360 e. The van der Waals surface area contributed by atoms with E-state index in [-0.39, 0.29) is 11.8 Å². The minimum atomic E-state index is -0.190. The van der Waals surface area contributed by atoms with Gasteiger partial charge in [0.15, 0.2) is 0 Å². The summed E-state index contributed by atoms with van der Waals surface area (Å²) in [6.45, 7) is 0.731. The van der Waals surface area contributed by atoms with Gasteiger partial charge in [-0.1, -0.05) is 48.5 Å². The number of rotatable bonds is 6. The summed E-state index contributed by atoms with van der Waals surface area (Å²) in [4.78, 5) is 27.0. The van der Waals surface area contributed by atoms with Crippen LogP contribution in [-0.4, -0.2) is 29.9 Å². The van der Waals surface area contributed by atoms with Crippen molar-refractivity contribution in [1.82, 2.24) is 15.6 Å². The molecule has 3 N–H and O–H groups in total. The average molecular weight is 333 g/mol. The summed E-state index contributed by atoms with van der Waals surface area (Å²) in [6.07, 6.45) is 4.93. The monoisotopic (exact) mass is 333 g/mol. The highest BCUT2D eigenvalue weighted by Gasteiger charge is 2.10. The van der Waals surface area contributed by atoms with Crippen molar-refractivity contribution >= 4 is 28.8 Å². The summed E-state index contributed by atoms with van der Waals surface area (Å²) in [5.74, 6) is -0.350. The quantitative estimate of drug-likeness (QED) is 0.479. The third-order valence-corrected chi connectivity index (χ3v) is 3.77. The van der Waals surface area contributed by atoms with Gasteiger partial charge in [0.2, 0.25) is 5.91 Å². The summed E-state index contributed by atoms with van der Waals surface area (Å²) >= 11 is 0. The molecule has 0 radical (unpaired) electrons. The van der Waals surface area contributed by atoms with Crippen LogP contribution < -0.4 is 10.6 Å². The molecule has 0 saturated carbocycles. The molecule has 0 fully saturated rings. The van der Waals surface area contributed by atoms with Crippen LogP contribution in [-0.2, 0) is 4.79 Å². The second-order valence-electron chi connectivity index (χ2n) is 5.54. The SMILES string of the molecule is O=C(C=Cc1ccccc1)NCCNC(=O)c1c[nH]c2ccccc12. The number of nitrogens with one attached hydrogen (secondary N) is 3. The lowest BCUT2D eigenvalue weighted by Gasteiger charge is -2.05. The van der Waals surface area contributed by atoms with Gasteiger partial charge >= 0.3 is 0 Å². The topological polar surface area (TPSA) is 74.0 Å². The van der Waals surface area contributed by atoms with Gasteiger partial charge < -0.3 is 15.6 Å². The number of amides is 2. The molecule has 0 unspecified atom stereocenters. The van der Waals surface area contributed by atoms with E-state index in [4.69, 9.17) is 0 Å². The van der Waals surface area contributed by atoms with E-state index in [1.54, 1.807) is 12.3 Å². The number of carbonyl (C=O) groups excluding carboxylic acids is 2. The molecule has 2 amide bonds. The average Bonchev–Trinajstić information content (AvgIpc) is 3.08. The van der Waals surface area contributed by atoms with Crippen molar-refractivity contribution in [2.45, 2.75) is 0 Å². The van der Waals surface area contributed by atoms with Crippen LogP contribution in [0.1, 0.15) is 15.9 Å². The Morgan fingerprint density at radius 1 is 0.920 bits per heavy atom. The van der Waals surface area contributed by atoms with Crippen LogP contribution in [0.3, 0.4) is 0 Å². The molecule has 2 aromatic carbocycles. The summed E-state index contributed by atoms with van der Waals surface area (Å²) in [6, 6.07) is 17.2. The number of aromatic nitrogens is 1. The summed E-state index contributed by atoms with van der Waals surface area (Å²) in [7, 11) is 0. The Morgan fingerprint density at radius 3 is 2.48 bits per heavy atom. The van der Waals surface area contributed by atoms with Crippen molar-refractivity contribution in [3.63, 3.8) is 0 Å². The van der Waals surface area contributed by atoms with Crippen LogP contribution in [0.4, 0.5) is 0 Å². The first-order valence-electron chi connectivity index (χ1n) is 8.09. The fourth-order valence-electron chi connectivity index (χ4n) is 2.51. The highest BCUT2D eigenvalue weighted by molar-refractivity contribution is 6.06. The molecule has 0 saturated heterocycles. The lowest BCUT2D eigenvalue weighted by atomic mass is 10.1. The summed E-state index contributed by atoms with van der Waals surface area (Å²) in [5, 5.41) is 6.44. The van der Waals surface area contributed by atoms with Gasteiger partial charge in [0.05, 0.1) is 5.56 Å². The molecule has 3 rings (SSSR count). The number of hydrogen-bond acceptors (Lipinski definition) is 2. The van der Waals surface area contributed by atoms with Crippen LogP contribution in [0.25, 0.3) is 17.0 Å². The zero-order valence-corrected chi connectivity index (χ0v) is 13.7. The van der Waals surface area contributed by atoms with Gasteiger partial charge in [-0.15, -0.1) is 0 Å². The smallest absolute Gasteiger partial charge is 0.253 e. The first kappa shape index (κ1) is 16.5. The molecule has 0 aliphatic heterocycles. The Labute approximate surface area is 145 Å². The van der Waals surface area contributed by atoms with Crippen molar-refractivity contribution in [3.05, 3.63) is 78.0 Å². The Bertz CT molecular complexity index is 897. The molecule has 0 spiro atoms. The molecule has 0 atom stereocenters. The fraction of sp³-hybridized carbons (Fsp3) is 0.100. The molecule has 5 heteroatoms. The lowest BCUT2D eigenvalue weighted by Crippen LogP contribution is -2.33. The summed E-state index contributed by atoms with van der Waals surface area (Å²) < 4.78 is 0. The van der Waals surface area contributed by atoms with E-state index in [1.807, 2.05) is 54.6 Å². The zero-order chi connectivity index (χ0) is 17.5. The molecule has 0 aliphatic rings. The Morgan fingerprint density at radius 2 is 1.64 bits per heavy atom. The van der Waals surface area contributed by atoms with Gasteiger partial charge in [-0.3, -0.25) is 9.59 Å². The van der Waals surface area contributed by atoms with Crippen molar-refractivity contribution < 1.29 is 9.59 Å². The molecule has 1 heterocycles. The second-order valence-corrected chi connectivity index (χ2v) is 5.54. The maximum absolute atomic E-state index is 12.2. The zero-order valence-electron chi connectivity index (χ0n) is 13.7. The molecule has 5 nitrogen and oxygen atoms in total. The molecule has 0 aliphatic carbocycles. The second kappa shape index (κ2) is 7.97. The number of aromatic amines is 1. The molecule has 126 valence electrons. The van der Waals surface area contributed by atoms with E-state index in [9.17, 15) is 9.59 Å². The molecule has 3 aromatic rings. The number of fused-ring (bicyclic) bond motifs is 1. The lowest BCUT2D eigenvalue weighted by molar-refractivity contribution is -0.116. The number of hydrogen-bond donors (Lipinski definition) is 3. The third-order valence-electron chi connectivity index (χ3n) is 3.77. The van der Waals surface area contributed by atoms with Crippen LogP contribution >= 0.6 is 0 Å². The Hall–Kier alpha value is -3.34. The van der Waals surface area contributed by atoms with Crippen LogP contribution in [0.15, 0.2) is 66.9 Å². The van der Waals surface area contributed by atoms with E-state index in [1.165, 1.54) is 6.08 Å². The number of benzene rings is 2. The minimum absolute atomic E-state index is 0.161. The van der Waals surface area contributed by atoms with Crippen molar-refractivity contribution in [2.24, 2.45) is 0 Å². The van der Waals surface area contributed by atoms with Crippen LogP contribution in [0.5, 0.6) is 0 Å². The normalized spacial score (nSPS) is 10.9. The van der Waals surface area contributed by atoms with Gasteiger partial charge in [-0.05, 0) is 17.7 Å². The predicted molar refractivity (Wildman–Crippen MR) is 99.1 cm³/mol. The van der Waals surface area contributed by atoms with Crippen LogP contribution in [0, 0.1) is 0 Å². The third kappa shape index (κ3) is 4.35. The Balaban J connectivity index is 1.44. The van der Waals surface area contributed by atoms with E-state index in [0.29, 0.717) is 18.7 Å². The van der Waals surface area contributed by atoms with Gasteiger partial charge in [0.1, 0.15) is 0 Å². The Kier molecular flexibility index (Phi) is 5.26. The van der Waals surface area contributed by atoms with Crippen LogP contribution in [0.2, 0.25) is 0 Å². The van der Waals surface area contributed by atoms with E-state index >= 15 is 0 Å². The maximum atomic E-state index is 12.2. The first-order chi connectivity index (χ1) is 12.2. The molecule has 1 aromatic heterocycles. The van der Waals surface area contributed by atoms with E-state index in [0.717, 1.165) is 16.5 Å². The molecule has 0 bridgehead atoms. The first-order valence-corrected chi connectivity index (χ1v) is 8.09. The van der Waals surface area contributed by atoms with Gasteiger partial charge in [-0.25, -0.2) is 0 Å². The number of H-pyrrole nitrogens is 1. The highest BCUT2D eigenvalue weighted by atomic mass is 16.2. The van der Waals surface area contributed by atoms with Crippen molar-refractivity contribution in [2.75, 3.05) is 13.1 Å². The standard InChI is InChI=1S/C20H19N3O2/c24-19(11-10-15-6-2-1-3-7-15)21-12-13-22-20(25)17-14-23-18-9-5-4-8-16(17)18/h1-11,14,23H,12-13H2,(H,21,24)(H,22,25). The van der Waals surface area contributed by atoms with Gasteiger partial charge in [0, 0.05) is 36.3 Å². The van der Waals surface area contributed by atoms with Gasteiger partial charge in [-0.2, -0.15) is 0 Å². The van der Waals surface area contributed by atoms with E-state index in [2.05, 4.69) is 15.6 Å². The van der Waals surface area contributed by atoms with Crippen molar-refractivity contribution in [3.8, 4) is 0 Å². The maximum Gasteiger partial charge on any atom is 0.253 e. The van der Waals surface area contributed by atoms with Crippen molar-refractivity contribution in [1.29, 1.82) is 0 Å². The number of para-hydroxylation sites is 1. The number of carbonyl (C=O) groups is 2. The molecule has 25 heavy (non-hydrogen) atoms.